The predicted molar refractivity (Wildman–Crippen MR) is 89.7 cm³/mol. The number of benzene rings is 2. The summed E-state index contributed by atoms with van der Waals surface area (Å²) in [6.07, 6.45) is 0. The van der Waals surface area contributed by atoms with Crippen molar-refractivity contribution in [2.24, 2.45) is 0 Å². The Kier molecular flexibility index (Phi) is 4.90. The molecule has 0 fully saturated rings. The maximum atomic E-state index is 12.6. The first-order valence-corrected chi connectivity index (χ1v) is 8.62. The Labute approximate surface area is 140 Å². The molecule has 0 radical (unpaired) electrons. The van der Waals surface area contributed by atoms with E-state index in [4.69, 9.17) is 27.9 Å². The number of aryl methyl sites for hydroxylation is 2. The summed E-state index contributed by atoms with van der Waals surface area (Å²) in [6, 6.07) is 7.99. The van der Waals surface area contributed by atoms with Gasteiger partial charge in [-0.1, -0.05) is 29.3 Å². The van der Waals surface area contributed by atoms with Crippen LogP contribution in [-0.2, 0) is 10.0 Å². The van der Waals surface area contributed by atoms with Gasteiger partial charge in [0.25, 0.3) is 10.0 Å². The third-order valence-electron chi connectivity index (χ3n) is 3.27. The summed E-state index contributed by atoms with van der Waals surface area (Å²) in [4.78, 5) is 0.0362. The van der Waals surface area contributed by atoms with Crippen LogP contribution in [0.5, 0.6) is 5.75 Å². The minimum atomic E-state index is -3.88. The van der Waals surface area contributed by atoms with Crippen molar-refractivity contribution in [1.82, 2.24) is 0 Å². The zero-order chi connectivity index (χ0) is 16.5. The summed E-state index contributed by atoms with van der Waals surface area (Å²) in [5.74, 6) is 0.263. The molecule has 0 saturated carbocycles. The second-order valence-electron chi connectivity index (χ2n) is 4.79. The summed E-state index contributed by atoms with van der Waals surface area (Å²) in [6.45, 7) is 3.71. The normalized spacial score (nSPS) is 11.3. The van der Waals surface area contributed by atoms with E-state index >= 15 is 0 Å². The van der Waals surface area contributed by atoms with E-state index < -0.39 is 10.0 Å². The zero-order valence-corrected chi connectivity index (χ0v) is 14.6. The number of methoxy groups -OCH3 is 1. The molecule has 0 aliphatic rings. The van der Waals surface area contributed by atoms with E-state index in [0.29, 0.717) is 0 Å². The molecule has 7 heteroatoms. The maximum Gasteiger partial charge on any atom is 0.265 e. The number of rotatable bonds is 4. The van der Waals surface area contributed by atoms with Crippen molar-refractivity contribution >= 4 is 38.9 Å². The fourth-order valence-corrected chi connectivity index (χ4v) is 3.86. The third kappa shape index (κ3) is 3.32. The largest absolute Gasteiger partial charge is 0.495 e. The number of anilines is 1. The molecule has 118 valence electrons. The molecule has 0 saturated heterocycles. The molecule has 0 aliphatic carbocycles. The molecule has 0 amide bonds. The van der Waals surface area contributed by atoms with Gasteiger partial charge in [0, 0.05) is 0 Å². The number of para-hydroxylation sites is 1. The lowest BCUT2D eigenvalue weighted by Gasteiger charge is -2.15. The molecule has 0 bridgehead atoms. The first kappa shape index (κ1) is 16.9. The number of halogens is 2. The van der Waals surface area contributed by atoms with Gasteiger partial charge >= 0.3 is 0 Å². The van der Waals surface area contributed by atoms with Crippen molar-refractivity contribution < 1.29 is 13.2 Å². The number of sulfonamides is 1. The maximum absolute atomic E-state index is 12.6. The van der Waals surface area contributed by atoms with Gasteiger partial charge in [0.2, 0.25) is 0 Å². The minimum absolute atomic E-state index is 0.0362. The lowest BCUT2D eigenvalue weighted by atomic mass is 10.1. The molecular formula is C15H15Cl2NO3S. The van der Waals surface area contributed by atoms with Crippen LogP contribution in [-0.4, -0.2) is 15.5 Å². The van der Waals surface area contributed by atoms with Crippen LogP contribution in [0.4, 0.5) is 5.69 Å². The fraction of sp³-hybridized carbons (Fsp3) is 0.200. The molecule has 4 nitrogen and oxygen atoms in total. The summed E-state index contributed by atoms with van der Waals surface area (Å²) in [5, 5.41) is 0.442. The Morgan fingerprint density at radius 3 is 2.14 bits per heavy atom. The van der Waals surface area contributed by atoms with Crippen molar-refractivity contribution in [2.45, 2.75) is 18.7 Å². The second kappa shape index (κ2) is 6.36. The van der Waals surface area contributed by atoms with Crippen LogP contribution in [0.2, 0.25) is 10.0 Å². The Balaban J connectivity index is 2.54. The van der Waals surface area contributed by atoms with Gasteiger partial charge in [-0.05, 0) is 49.2 Å². The number of hydrogen-bond donors (Lipinski definition) is 1. The summed E-state index contributed by atoms with van der Waals surface area (Å²) >= 11 is 12.0. The van der Waals surface area contributed by atoms with Crippen molar-refractivity contribution in [3.63, 3.8) is 0 Å². The highest BCUT2D eigenvalue weighted by Crippen LogP contribution is 2.34. The van der Waals surface area contributed by atoms with Crippen molar-refractivity contribution in [3.05, 3.63) is 51.5 Å². The summed E-state index contributed by atoms with van der Waals surface area (Å²) < 4.78 is 32.9. The first-order chi connectivity index (χ1) is 10.3. The van der Waals surface area contributed by atoms with E-state index in [1.54, 1.807) is 30.3 Å². The first-order valence-electron chi connectivity index (χ1n) is 6.38. The monoisotopic (exact) mass is 359 g/mol. The summed E-state index contributed by atoms with van der Waals surface area (Å²) in [7, 11) is -2.46. The number of nitrogens with one attached hydrogen (secondary N) is 1. The van der Waals surface area contributed by atoms with Gasteiger partial charge in [-0.25, -0.2) is 8.42 Å². The quantitative estimate of drug-likeness (QED) is 0.878. The van der Waals surface area contributed by atoms with Crippen LogP contribution in [0.3, 0.4) is 0 Å². The molecule has 2 aromatic carbocycles. The molecule has 0 atom stereocenters. The molecule has 22 heavy (non-hydrogen) atoms. The van der Waals surface area contributed by atoms with Gasteiger partial charge in [0.15, 0.2) is 0 Å². The molecule has 2 aromatic rings. The molecular weight excluding hydrogens is 345 g/mol. The summed E-state index contributed by atoms with van der Waals surface area (Å²) in [5.41, 5.74) is 1.92. The zero-order valence-electron chi connectivity index (χ0n) is 12.3. The smallest absolute Gasteiger partial charge is 0.265 e. The van der Waals surface area contributed by atoms with Gasteiger partial charge in [0.05, 0.1) is 22.8 Å². The Hall–Kier alpha value is -1.43. The minimum Gasteiger partial charge on any atom is -0.495 e. The fourth-order valence-electron chi connectivity index (χ4n) is 1.92. The molecule has 1 N–H and O–H groups in total. The Morgan fingerprint density at radius 2 is 1.59 bits per heavy atom. The Morgan fingerprint density at radius 1 is 1.05 bits per heavy atom. The van der Waals surface area contributed by atoms with Gasteiger partial charge in [0.1, 0.15) is 10.6 Å². The molecule has 0 heterocycles. The highest BCUT2D eigenvalue weighted by Gasteiger charge is 2.22. The molecule has 0 spiro atoms. The molecule has 0 aromatic heterocycles. The molecule has 0 unspecified atom stereocenters. The lowest BCUT2D eigenvalue weighted by Crippen LogP contribution is -2.15. The average Bonchev–Trinajstić information content (AvgIpc) is 2.45. The third-order valence-corrected chi connectivity index (χ3v) is 5.27. The lowest BCUT2D eigenvalue weighted by molar-refractivity contribution is 0.402. The van der Waals surface area contributed by atoms with E-state index in [2.05, 4.69) is 4.72 Å². The van der Waals surface area contributed by atoms with E-state index in [1.807, 2.05) is 13.8 Å². The van der Waals surface area contributed by atoms with Crippen molar-refractivity contribution in [3.8, 4) is 5.75 Å². The topological polar surface area (TPSA) is 55.4 Å². The van der Waals surface area contributed by atoms with E-state index in [1.165, 1.54) is 7.11 Å². The standard InChI is InChI=1S/C15H15Cl2NO3S/c1-9-7-13(21-3)14(8-10(9)2)22(19,20)18-15-11(16)5-4-6-12(15)17/h4-8,18H,1-3H3. The SMILES string of the molecule is COc1cc(C)c(C)cc1S(=O)(=O)Nc1c(Cl)cccc1Cl. The van der Waals surface area contributed by atoms with Crippen LogP contribution < -0.4 is 9.46 Å². The van der Waals surface area contributed by atoms with Crippen LogP contribution in [0.15, 0.2) is 35.2 Å². The van der Waals surface area contributed by atoms with E-state index in [0.717, 1.165) is 11.1 Å². The number of ether oxygens (including phenoxy) is 1. The molecule has 0 aliphatic heterocycles. The molecule has 2 rings (SSSR count). The highest BCUT2D eigenvalue weighted by molar-refractivity contribution is 7.92. The van der Waals surface area contributed by atoms with Crippen LogP contribution in [0.1, 0.15) is 11.1 Å². The number of hydrogen-bond acceptors (Lipinski definition) is 3. The van der Waals surface area contributed by atoms with E-state index in [-0.39, 0.29) is 26.4 Å². The average molecular weight is 360 g/mol. The van der Waals surface area contributed by atoms with Gasteiger partial charge in [-0.2, -0.15) is 0 Å². The van der Waals surface area contributed by atoms with E-state index in [9.17, 15) is 8.42 Å². The van der Waals surface area contributed by atoms with Gasteiger partial charge in [-0.3, -0.25) is 4.72 Å². The van der Waals surface area contributed by atoms with Crippen molar-refractivity contribution in [2.75, 3.05) is 11.8 Å². The van der Waals surface area contributed by atoms with Crippen LogP contribution in [0.25, 0.3) is 0 Å². The highest BCUT2D eigenvalue weighted by atomic mass is 35.5. The Bertz CT molecular complexity index is 800. The van der Waals surface area contributed by atoms with Crippen molar-refractivity contribution in [1.29, 1.82) is 0 Å². The predicted octanol–water partition coefficient (Wildman–Crippen LogP) is 4.42. The second-order valence-corrected chi connectivity index (χ2v) is 7.25. The van der Waals surface area contributed by atoms with Gasteiger partial charge in [-0.15, -0.1) is 0 Å². The van der Waals surface area contributed by atoms with Crippen LogP contribution in [0, 0.1) is 13.8 Å². The van der Waals surface area contributed by atoms with Crippen LogP contribution >= 0.6 is 23.2 Å². The van der Waals surface area contributed by atoms with Gasteiger partial charge < -0.3 is 4.74 Å².